The number of nitrogens with one attached hydrogen (secondary N) is 1. The van der Waals surface area contributed by atoms with Crippen LogP contribution in [0.2, 0.25) is 5.02 Å². The Kier molecular flexibility index (Phi) is 3.36. The van der Waals surface area contributed by atoms with E-state index in [0.717, 1.165) is 22.1 Å². The second-order valence-corrected chi connectivity index (χ2v) is 4.72. The first-order chi connectivity index (χ1) is 7.29. The van der Waals surface area contributed by atoms with Crippen molar-refractivity contribution in [2.75, 3.05) is 7.05 Å². The lowest BCUT2D eigenvalue weighted by atomic mass is 10.2. The zero-order valence-electron chi connectivity index (χ0n) is 8.33. The summed E-state index contributed by atoms with van der Waals surface area (Å²) in [6, 6.07) is 7.77. The minimum absolute atomic E-state index is 0.748. The Morgan fingerprint density at radius 1 is 1.47 bits per heavy atom. The topological polar surface area (TPSA) is 24.9 Å². The molecule has 4 heteroatoms. The highest BCUT2D eigenvalue weighted by Crippen LogP contribution is 2.26. The van der Waals surface area contributed by atoms with E-state index >= 15 is 0 Å². The normalized spacial score (nSPS) is 10.5. The molecule has 15 heavy (non-hydrogen) atoms. The summed E-state index contributed by atoms with van der Waals surface area (Å²) in [5.74, 6) is 0. The van der Waals surface area contributed by atoms with Crippen LogP contribution in [-0.2, 0) is 6.54 Å². The van der Waals surface area contributed by atoms with Crippen LogP contribution in [0, 0.1) is 0 Å². The molecule has 1 aromatic carbocycles. The quantitative estimate of drug-likeness (QED) is 0.889. The van der Waals surface area contributed by atoms with Crippen LogP contribution < -0.4 is 5.32 Å². The summed E-state index contributed by atoms with van der Waals surface area (Å²) < 4.78 is 0. The Bertz CT molecular complexity index is 453. The van der Waals surface area contributed by atoms with Crippen LogP contribution >= 0.6 is 22.9 Å². The number of thiazole rings is 1. The molecule has 0 radical (unpaired) electrons. The van der Waals surface area contributed by atoms with Crippen LogP contribution in [0.4, 0.5) is 0 Å². The first kappa shape index (κ1) is 10.6. The van der Waals surface area contributed by atoms with Crippen molar-refractivity contribution < 1.29 is 0 Å². The van der Waals surface area contributed by atoms with E-state index in [9.17, 15) is 0 Å². The average Bonchev–Trinajstić information content (AvgIpc) is 2.67. The summed E-state index contributed by atoms with van der Waals surface area (Å²) in [6.07, 6.45) is 1.90. The number of aromatic nitrogens is 1. The molecule has 1 N–H and O–H groups in total. The molecule has 0 atom stereocenters. The fourth-order valence-corrected chi connectivity index (χ4v) is 2.43. The molecule has 1 heterocycles. The molecule has 0 aliphatic carbocycles. The van der Waals surface area contributed by atoms with E-state index in [1.807, 2.05) is 37.5 Å². The van der Waals surface area contributed by atoms with Gasteiger partial charge in [-0.15, -0.1) is 11.3 Å². The Hall–Kier alpha value is -0.900. The molecule has 0 aliphatic rings. The molecule has 0 bridgehead atoms. The van der Waals surface area contributed by atoms with Crippen LogP contribution in [0.25, 0.3) is 10.6 Å². The maximum Gasteiger partial charge on any atom is 0.123 e. The maximum absolute atomic E-state index is 5.93. The third kappa shape index (κ3) is 2.56. The number of halogens is 1. The third-order valence-electron chi connectivity index (χ3n) is 1.98. The van der Waals surface area contributed by atoms with E-state index < -0.39 is 0 Å². The minimum Gasteiger partial charge on any atom is -0.315 e. The maximum atomic E-state index is 5.93. The van der Waals surface area contributed by atoms with Crippen molar-refractivity contribution in [3.8, 4) is 10.6 Å². The van der Waals surface area contributed by atoms with Crippen LogP contribution in [-0.4, -0.2) is 12.0 Å². The SMILES string of the molecule is CNCc1cnc(-c2cccc(Cl)c2)s1. The van der Waals surface area contributed by atoms with Crippen molar-refractivity contribution in [3.63, 3.8) is 0 Å². The molecule has 0 spiro atoms. The van der Waals surface area contributed by atoms with Crippen molar-refractivity contribution in [2.45, 2.75) is 6.54 Å². The van der Waals surface area contributed by atoms with Gasteiger partial charge >= 0.3 is 0 Å². The zero-order valence-corrected chi connectivity index (χ0v) is 9.90. The highest BCUT2D eigenvalue weighted by molar-refractivity contribution is 7.15. The predicted octanol–water partition coefficient (Wildman–Crippen LogP) is 3.18. The lowest BCUT2D eigenvalue weighted by Crippen LogP contribution is -2.02. The van der Waals surface area contributed by atoms with Gasteiger partial charge in [0.25, 0.3) is 0 Å². The number of rotatable bonds is 3. The van der Waals surface area contributed by atoms with Crippen molar-refractivity contribution in [3.05, 3.63) is 40.4 Å². The van der Waals surface area contributed by atoms with Crippen molar-refractivity contribution >= 4 is 22.9 Å². The Morgan fingerprint density at radius 3 is 3.07 bits per heavy atom. The number of hydrogen-bond donors (Lipinski definition) is 1. The predicted molar refractivity (Wildman–Crippen MR) is 65.3 cm³/mol. The van der Waals surface area contributed by atoms with Crippen LogP contribution in [0.15, 0.2) is 30.5 Å². The van der Waals surface area contributed by atoms with E-state index in [1.165, 1.54) is 4.88 Å². The smallest absolute Gasteiger partial charge is 0.123 e. The summed E-state index contributed by atoms with van der Waals surface area (Å²) >= 11 is 7.61. The van der Waals surface area contributed by atoms with E-state index in [0.29, 0.717) is 0 Å². The van der Waals surface area contributed by atoms with E-state index in [2.05, 4.69) is 10.3 Å². The molecule has 0 saturated heterocycles. The van der Waals surface area contributed by atoms with Crippen molar-refractivity contribution in [1.29, 1.82) is 0 Å². The fourth-order valence-electron chi connectivity index (χ4n) is 1.32. The molecule has 2 nitrogen and oxygen atoms in total. The summed E-state index contributed by atoms with van der Waals surface area (Å²) in [5.41, 5.74) is 1.08. The summed E-state index contributed by atoms with van der Waals surface area (Å²) in [7, 11) is 1.93. The van der Waals surface area contributed by atoms with Gasteiger partial charge in [-0.25, -0.2) is 4.98 Å². The first-order valence-corrected chi connectivity index (χ1v) is 5.84. The van der Waals surface area contributed by atoms with Gasteiger partial charge in [-0.2, -0.15) is 0 Å². The first-order valence-electron chi connectivity index (χ1n) is 4.65. The summed E-state index contributed by atoms with van der Waals surface area (Å²) in [4.78, 5) is 5.60. The van der Waals surface area contributed by atoms with Crippen molar-refractivity contribution in [2.24, 2.45) is 0 Å². The third-order valence-corrected chi connectivity index (χ3v) is 3.26. The second kappa shape index (κ2) is 4.75. The molecule has 2 aromatic rings. The standard InChI is InChI=1S/C11H11ClN2S/c1-13-6-10-7-14-11(15-10)8-3-2-4-9(12)5-8/h2-5,7,13H,6H2,1H3. The van der Waals surface area contributed by atoms with Crippen LogP contribution in [0.5, 0.6) is 0 Å². The molecule has 2 rings (SSSR count). The van der Waals surface area contributed by atoms with Crippen molar-refractivity contribution in [1.82, 2.24) is 10.3 Å². The molecular formula is C11H11ClN2S. The molecule has 1 aromatic heterocycles. The fraction of sp³-hybridized carbons (Fsp3) is 0.182. The van der Waals surface area contributed by atoms with Gasteiger partial charge in [0.1, 0.15) is 5.01 Å². The largest absolute Gasteiger partial charge is 0.315 e. The molecule has 0 unspecified atom stereocenters. The van der Waals surface area contributed by atoms with Gasteiger partial charge in [0.05, 0.1) is 0 Å². The van der Waals surface area contributed by atoms with Gasteiger partial charge in [0, 0.05) is 28.2 Å². The Labute approximate surface area is 97.9 Å². The number of nitrogens with zero attached hydrogens (tertiary/aromatic N) is 1. The van der Waals surface area contributed by atoms with Gasteiger partial charge in [-0.05, 0) is 19.2 Å². The highest BCUT2D eigenvalue weighted by Gasteiger charge is 2.04. The molecule has 0 saturated carbocycles. The van der Waals surface area contributed by atoms with Gasteiger partial charge in [-0.1, -0.05) is 23.7 Å². The van der Waals surface area contributed by atoms with Gasteiger partial charge in [0.15, 0.2) is 0 Å². The van der Waals surface area contributed by atoms with Crippen LogP contribution in [0.3, 0.4) is 0 Å². The number of hydrogen-bond acceptors (Lipinski definition) is 3. The van der Waals surface area contributed by atoms with E-state index in [-0.39, 0.29) is 0 Å². The monoisotopic (exact) mass is 238 g/mol. The summed E-state index contributed by atoms with van der Waals surface area (Å²) in [5, 5.41) is 4.87. The molecule has 0 fully saturated rings. The Morgan fingerprint density at radius 2 is 2.33 bits per heavy atom. The van der Waals surface area contributed by atoms with Crippen LogP contribution in [0.1, 0.15) is 4.88 Å². The highest BCUT2D eigenvalue weighted by atomic mass is 35.5. The number of benzene rings is 1. The minimum atomic E-state index is 0.748. The lowest BCUT2D eigenvalue weighted by Gasteiger charge is -1.96. The molecule has 78 valence electrons. The van der Waals surface area contributed by atoms with E-state index in [1.54, 1.807) is 11.3 Å². The lowest BCUT2D eigenvalue weighted by molar-refractivity contribution is 0.829. The van der Waals surface area contributed by atoms with Gasteiger partial charge in [0.2, 0.25) is 0 Å². The summed E-state index contributed by atoms with van der Waals surface area (Å²) in [6.45, 7) is 0.859. The Balaban J connectivity index is 2.29. The molecule has 0 amide bonds. The molecule has 0 aliphatic heterocycles. The van der Waals surface area contributed by atoms with Gasteiger partial charge < -0.3 is 5.32 Å². The zero-order chi connectivity index (χ0) is 10.7. The molecular weight excluding hydrogens is 228 g/mol. The second-order valence-electron chi connectivity index (χ2n) is 3.17. The van der Waals surface area contributed by atoms with Gasteiger partial charge in [-0.3, -0.25) is 0 Å². The van der Waals surface area contributed by atoms with E-state index in [4.69, 9.17) is 11.6 Å². The average molecular weight is 239 g/mol.